The Morgan fingerprint density at radius 1 is 1.05 bits per heavy atom. The minimum Gasteiger partial charge on any atom is -0.310 e. The van der Waals surface area contributed by atoms with E-state index < -0.39 is 0 Å². The van der Waals surface area contributed by atoms with Gasteiger partial charge in [0.25, 0.3) is 0 Å². The molecule has 0 spiro atoms. The summed E-state index contributed by atoms with van der Waals surface area (Å²) in [6.07, 6.45) is 6.88. The van der Waals surface area contributed by atoms with Crippen molar-refractivity contribution in [3.05, 3.63) is 0 Å². The van der Waals surface area contributed by atoms with Gasteiger partial charge in [0.05, 0.1) is 0 Å². The second kappa shape index (κ2) is 8.35. The van der Waals surface area contributed by atoms with Gasteiger partial charge in [0.2, 0.25) is 0 Å². The molecule has 2 fully saturated rings. The van der Waals surface area contributed by atoms with Crippen LogP contribution in [0.2, 0.25) is 0 Å². The van der Waals surface area contributed by atoms with Crippen molar-refractivity contribution < 1.29 is 0 Å². The monoisotopic (exact) mass is 281 g/mol. The molecule has 0 aromatic rings. The first-order valence-corrected chi connectivity index (χ1v) is 8.89. The molecule has 118 valence electrons. The molecule has 0 aromatic carbocycles. The molecule has 3 nitrogen and oxygen atoms in total. The van der Waals surface area contributed by atoms with Crippen LogP contribution in [0, 0.1) is 5.92 Å². The summed E-state index contributed by atoms with van der Waals surface area (Å²) in [4.78, 5) is 5.28. The zero-order chi connectivity index (χ0) is 14.4. The topological polar surface area (TPSA) is 18.5 Å². The number of hydrogen-bond acceptors (Lipinski definition) is 3. The molecule has 2 heterocycles. The Morgan fingerprint density at radius 2 is 1.75 bits per heavy atom. The number of nitrogens with one attached hydrogen (secondary N) is 1. The van der Waals surface area contributed by atoms with Crippen LogP contribution in [0.15, 0.2) is 0 Å². The van der Waals surface area contributed by atoms with Gasteiger partial charge in [-0.1, -0.05) is 6.92 Å². The van der Waals surface area contributed by atoms with Crippen LogP contribution >= 0.6 is 0 Å². The smallest absolute Gasteiger partial charge is 0.0169 e. The highest BCUT2D eigenvalue weighted by Crippen LogP contribution is 2.20. The van der Waals surface area contributed by atoms with Gasteiger partial charge < -0.3 is 15.1 Å². The van der Waals surface area contributed by atoms with E-state index >= 15 is 0 Å². The minimum atomic E-state index is 0.629. The normalized spacial score (nSPS) is 28.6. The van der Waals surface area contributed by atoms with Crippen LogP contribution in [0.25, 0.3) is 0 Å². The molecule has 0 saturated carbocycles. The summed E-state index contributed by atoms with van der Waals surface area (Å²) in [7, 11) is 0. The van der Waals surface area contributed by atoms with Gasteiger partial charge in [-0.15, -0.1) is 0 Å². The maximum absolute atomic E-state index is 3.87. The molecule has 0 aromatic heterocycles. The van der Waals surface area contributed by atoms with Crippen molar-refractivity contribution in [2.75, 3.05) is 39.3 Å². The van der Waals surface area contributed by atoms with Gasteiger partial charge in [-0.25, -0.2) is 0 Å². The van der Waals surface area contributed by atoms with Crippen molar-refractivity contribution >= 4 is 0 Å². The standard InChI is InChI=1S/C17H35N3/c1-4-9-19-12-7-8-17(14-19)16(3)18-15(2)13-20-10-5-6-11-20/h15-18H,4-14H2,1-3H3. The summed E-state index contributed by atoms with van der Waals surface area (Å²) in [6, 6.07) is 1.29. The quantitative estimate of drug-likeness (QED) is 0.774. The van der Waals surface area contributed by atoms with Crippen molar-refractivity contribution in [1.82, 2.24) is 15.1 Å². The number of rotatable bonds is 7. The lowest BCUT2D eigenvalue weighted by Gasteiger charge is -2.37. The summed E-state index contributed by atoms with van der Waals surface area (Å²) in [5.41, 5.74) is 0. The van der Waals surface area contributed by atoms with Crippen LogP contribution in [-0.4, -0.2) is 61.2 Å². The highest BCUT2D eigenvalue weighted by atomic mass is 15.2. The third-order valence-electron chi connectivity index (χ3n) is 5.07. The summed E-state index contributed by atoms with van der Waals surface area (Å²) in [5.74, 6) is 0.844. The van der Waals surface area contributed by atoms with E-state index in [9.17, 15) is 0 Å². The molecule has 3 atom stereocenters. The van der Waals surface area contributed by atoms with E-state index in [-0.39, 0.29) is 0 Å². The molecule has 2 saturated heterocycles. The van der Waals surface area contributed by atoms with Crippen LogP contribution in [0.5, 0.6) is 0 Å². The van der Waals surface area contributed by atoms with Crippen LogP contribution in [-0.2, 0) is 0 Å². The molecule has 20 heavy (non-hydrogen) atoms. The van der Waals surface area contributed by atoms with Gasteiger partial charge in [-0.05, 0) is 78.0 Å². The van der Waals surface area contributed by atoms with Crippen molar-refractivity contribution in [3.8, 4) is 0 Å². The number of piperidine rings is 1. The number of hydrogen-bond donors (Lipinski definition) is 1. The second-order valence-corrected chi connectivity index (χ2v) is 7.07. The largest absolute Gasteiger partial charge is 0.310 e. The maximum atomic E-state index is 3.87. The summed E-state index contributed by atoms with van der Waals surface area (Å²) in [5, 5.41) is 3.87. The third-order valence-corrected chi connectivity index (χ3v) is 5.07. The first-order chi connectivity index (χ1) is 9.69. The molecule has 3 unspecified atom stereocenters. The fourth-order valence-electron chi connectivity index (χ4n) is 4.01. The molecule has 2 aliphatic rings. The Kier molecular flexibility index (Phi) is 6.79. The lowest BCUT2D eigenvalue weighted by molar-refractivity contribution is 0.144. The summed E-state index contributed by atoms with van der Waals surface area (Å²) in [6.45, 7) is 14.8. The minimum absolute atomic E-state index is 0.629. The van der Waals surface area contributed by atoms with Crippen LogP contribution in [0.4, 0.5) is 0 Å². The van der Waals surface area contributed by atoms with E-state index in [1.165, 1.54) is 71.4 Å². The third kappa shape index (κ3) is 5.01. The Bertz CT molecular complexity index is 261. The highest BCUT2D eigenvalue weighted by molar-refractivity contribution is 4.83. The highest BCUT2D eigenvalue weighted by Gasteiger charge is 2.25. The van der Waals surface area contributed by atoms with Crippen LogP contribution < -0.4 is 5.32 Å². The predicted molar refractivity (Wildman–Crippen MR) is 87.2 cm³/mol. The van der Waals surface area contributed by atoms with Gasteiger partial charge in [-0.2, -0.15) is 0 Å². The van der Waals surface area contributed by atoms with Crippen molar-refractivity contribution in [3.63, 3.8) is 0 Å². The number of nitrogens with zero attached hydrogens (tertiary/aromatic N) is 2. The Labute approximate surface area is 126 Å². The summed E-state index contributed by atoms with van der Waals surface area (Å²) >= 11 is 0. The molecule has 3 heteroatoms. The molecule has 2 aliphatic heterocycles. The number of likely N-dealkylation sites (tertiary alicyclic amines) is 2. The first-order valence-electron chi connectivity index (χ1n) is 8.89. The van der Waals surface area contributed by atoms with Gasteiger partial charge in [-0.3, -0.25) is 0 Å². The zero-order valence-electron chi connectivity index (χ0n) is 13.9. The van der Waals surface area contributed by atoms with Gasteiger partial charge in [0.15, 0.2) is 0 Å². The van der Waals surface area contributed by atoms with Gasteiger partial charge in [0.1, 0.15) is 0 Å². The molecule has 0 aliphatic carbocycles. The molecular formula is C17H35N3. The van der Waals surface area contributed by atoms with Crippen LogP contribution in [0.1, 0.15) is 52.9 Å². The first kappa shape index (κ1) is 16.3. The molecule has 1 N–H and O–H groups in total. The van der Waals surface area contributed by atoms with Crippen LogP contribution in [0.3, 0.4) is 0 Å². The van der Waals surface area contributed by atoms with Crippen molar-refractivity contribution in [1.29, 1.82) is 0 Å². The zero-order valence-corrected chi connectivity index (χ0v) is 13.9. The average molecular weight is 281 g/mol. The fourth-order valence-corrected chi connectivity index (χ4v) is 4.01. The Hall–Kier alpha value is -0.120. The predicted octanol–water partition coefficient (Wildman–Crippen LogP) is 2.57. The average Bonchev–Trinajstić information content (AvgIpc) is 2.92. The summed E-state index contributed by atoms with van der Waals surface area (Å²) < 4.78 is 0. The SMILES string of the molecule is CCCN1CCCC(C(C)NC(C)CN2CCCC2)C1. The van der Waals surface area contributed by atoms with Gasteiger partial charge >= 0.3 is 0 Å². The molecule has 0 amide bonds. The van der Waals surface area contributed by atoms with Crippen molar-refractivity contribution in [2.24, 2.45) is 5.92 Å². The van der Waals surface area contributed by atoms with E-state index in [2.05, 4.69) is 35.9 Å². The molecule has 0 radical (unpaired) electrons. The van der Waals surface area contributed by atoms with E-state index in [1.54, 1.807) is 0 Å². The Morgan fingerprint density at radius 3 is 2.45 bits per heavy atom. The van der Waals surface area contributed by atoms with E-state index in [4.69, 9.17) is 0 Å². The lowest BCUT2D eigenvalue weighted by atomic mass is 9.91. The molecule has 2 rings (SSSR count). The maximum Gasteiger partial charge on any atom is 0.0169 e. The van der Waals surface area contributed by atoms with E-state index in [0.717, 1.165) is 5.92 Å². The van der Waals surface area contributed by atoms with E-state index in [1.807, 2.05) is 0 Å². The Balaban J connectivity index is 1.70. The fraction of sp³-hybridized carbons (Fsp3) is 1.00. The molecular weight excluding hydrogens is 246 g/mol. The van der Waals surface area contributed by atoms with Gasteiger partial charge in [0, 0.05) is 25.2 Å². The van der Waals surface area contributed by atoms with E-state index in [0.29, 0.717) is 12.1 Å². The second-order valence-electron chi connectivity index (χ2n) is 7.07. The molecule has 0 bridgehead atoms. The lowest BCUT2D eigenvalue weighted by Crippen LogP contribution is -2.49. The van der Waals surface area contributed by atoms with Crippen molar-refractivity contribution in [2.45, 2.75) is 65.0 Å².